The zero-order chi connectivity index (χ0) is 20.4. The number of hydrogen-bond donors (Lipinski definition) is 0. The number of carbonyl (C=O) groups is 2. The van der Waals surface area contributed by atoms with Gasteiger partial charge in [-0.2, -0.15) is 0 Å². The molecule has 0 aliphatic carbocycles. The molecular formula is C22H31N5O2. The summed E-state index contributed by atoms with van der Waals surface area (Å²) in [6.45, 7) is 6.07. The van der Waals surface area contributed by atoms with E-state index < -0.39 is 0 Å². The van der Waals surface area contributed by atoms with Gasteiger partial charge in [-0.1, -0.05) is 0 Å². The second-order valence-electron chi connectivity index (χ2n) is 8.69. The number of carbonyl (C=O) groups excluding carboxylic acids is 2. The summed E-state index contributed by atoms with van der Waals surface area (Å²) < 4.78 is 4.05. The van der Waals surface area contributed by atoms with E-state index in [1.807, 2.05) is 48.2 Å². The first-order valence-corrected chi connectivity index (χ1v) is 10.6. The van der Waals surface area contributed by atoms with E-state index in [2.05, 4.69) is 14.5 Å². The van der Waals surface area contributed by atoms with Gasteiger partial charge in [-0.25, -0.2) is 4.98 Å². The second-order valence-corrected chi connectivity index (χ2v) is 8.69. The lowest BCUT2D eigenvalue weighted by Crippen LogP contribution is -2.52. The van der Waals surface area contributed by atoms with Crippen molar-refractivity contribution >= 4 is 11.8 Å². The van der Waals surface area contributed by atoms with E-state index in [-0.39, 0.29) is 17.2 Å². The zero-order valence-electron chi connectivity index (χ0n) is 17.5. The number of imidazole rings is 1. The Morgan fingerprint density at radius 3 is 2.62 bits per heavy atom. The number of amides is 2. The third kappa shape index (κ3) is 4.09. The normalized spacial score (nSPS) is 19.2. The molecule has 0 unspecified atom stereocenters. The number of piperidine rings is 2. The van der Waals surface area contributed by atoms with Gasteiger partial charge in [-0.3, -0.25) is 9.59 Å². The Hall–Kier alpha value is -2.57. The molecule has 7 nitrogen and oxygen atoms in total. The molecule has 2 aliphatic rings. The lowest BCUT2D eigenvalue weighted by Gasteiger charge is -2.47. The van der Waals surface area contributed by atoms with Gasteiger partial charge in [-0.05, 0) is 44.1 Å². The number of aromatic nitrogens is 3. The van der Waals surface area contributed by atoms with Crippen LogP contribution >= 0.6 is 0 Å². The smallest absolute Gasteiger partial charge is 0.255 e. The molecule has 7 heteroatoms. The molecule has 0 saturated carbocycles. The maximum atomic E-state index is 12.9. The number of nitrogens with zero attached hydrogens (tertiary/aromatic N) is 5. The van der Waals surface area contributed by atoms with Gasteiger partial charge in [0.1, 0.15) is 0 Å². The largest absolute Gasteiger partial charge is 0.354 e. The summed E-state index contributed by atoms with van der Waals surface area (Å²) in [6, 6.07) is 1.92. The highest BCUT2D eigenvalue weighted by Gasteiger charge is 2.41. The highest BCUT2D eigenvalue weighted by atomic mass is 16.2. The topological polar surface area (TPSA) is 63.4 Å². The van der Waals surface area contributed by atoms with E-state index >= 15 is 0 Å². The van der Waals surface area contributed by atoms with Crippen molar-refractivity contribution in [3.05, 3.63) is 42.2 Å². The van der Waals surface area contributed by atoms with Crippen molar-refractivity contribution in [2.75, 3.05) is 26.2 Å². The average molecular weight is 398 g/mol. The maximum Gasteiger partial charge on any atom is 0.255 e. The van der Waals surface area contributed by atoms with E-state index in [1.54, 1.807) is 6.20 Å². The third-order valence-corrected chi connectivity index (χ3v) is 6.88. The van der Waals surface area contributed by atoms with Crippen LogP contribution < -0.4 is 0 Å². The summed E-state index contributed by atoms with van der Waals surface area (Å²) in [4.78, 5) is 33.5. The Kier molecular flexibility index (Phi) is 5.48. The first-order valence-electron chi connectivity index (χ1n) is 10.6. The van der Waals surface area contributed by atoms with E-state index in [0.717, 1.165) is 69.7 Å². The molecule has 156 valence electrons. The second kappa shape index (κ2) is 8.05. The van der Waals surface area contributed by atoms with E-state index in [9.17, 15) is 9.59 Å². The van der Waals surface area contributed by atoms with Crippen LogP contribution in [0.5, 0.6) is 0 Å². The van der Waals surface area contributed by atoms with Crippen LogP contribution in [0, 0.1) is 12.3 Å². The van der Waals surface area contributed by atoms with Crippen LogP contribution in [0.15, 0.2) is 31.0 Å². The molecule has 2 saturated heterocycles. The number of likely N-dealkylation sites (tertiary alicyclic amines) is 2. The molecule has 4 rings (SSSR count). The summed E-state index contributed by atoms with van der Waals surface area (Å²) in [5, 5.41) is 0. The Bertz CT molecular complexity index is 862. The third-order valence-electron chi connectivity index (χ3n) is 6.88. The zero-order valence-corrected chi connectivity index (χ0v) is 17.5. The summed E-state index contributed by atoms with van der Waals surface area (Å²) in [7, 11) is 1.97. The van der Waals surface area contributed by atoms with Crippen LogP contribution in [0.25, 0.3) is 0 Å². The highest BCUT2D eigenvalue weighted by Crippen LogP contribution is 2.40. The molecule has 1 spiro atoms. The summed E-state index contributed by atoms with van der Waals surface area (Å²) in [5.41, 5.74) is 2.00. The number of hydrogen-bond acceptors (Lipinski definition) is 3. The van der Waals surface area contributed by atoms with Crippen LogP contribution in [0.1, 0.15) is 48.2 Å². The molecule has 2 fully saturated rings. The van der Waals surface area contributed by atoms with Crippen molar-refractivity contribution < 1.29 is 9.59 Å². The first-order chi connectivity index (χ1) is 14.0. The average Bonchev–Trinajstić information content (AvgIpc) is 3.35. The maximum absolute atomic E-state index is 12.9. The predicted molar refractivity (Wildman–Crippen MR) is 110 cm³/mol. The number of rotatable bonds is 5. The highest BCUT2D eigenvalue weighted by molar-refractivity contribution is 5.95. The van der Waals surface area contributed by atoms with Gasteiger partial charge in [0, 0.05) is 70.5 Å². The fourth-order valence-electron chi connectivity index (χ4n) is 4.77. The SMILES string of the molecule is Cc1c(C(=O)N2CCC3(CCC(=O)N(CCCn4ccnc4)C3)CC2)ccn1C. The summed E-state index contributed by atoms with van der Waals surface area (Å²) in [6.07, 6.45) is 12.0. The van der Waals surface area contributed by atoms with Gasteiger partial charge in [0.15, 0.2) is 0 Å². The summed E-state index contributed by atoms with van der Waals surface area (Å²) >= 11 is 0. The predicted octanol–water partition coefficient (Wildman–Crippen LogP) is 2.47. The standard InChI is InChI=1S/C22H31N5O2/c1-18-19(5-12-24(18)2)21(29)26-13-7-22(8-14-26)6-4-20(28)27(16-22)11-3-10-25-15-9-23-17-25/h5,9,12,15,17H,3-4,6-8,10-11,13-14,16H2,1-2H3. The molecule has 2 amide bonds. The Morgan fingerprint density at radius 2 is 1.97 bits per heavy atom. The van der Waals surface area contributed by atoms with Gasteiger partial charge in [-0.15, -0.1) is 0 Å². The Balaban J connectivity index is 1.32. The van der Waals surface area contributed by atoms with E-state index in [1.165, 1.54) is 0 Å². The number of aryl methyl sites for hydroxylation is 2. The molecule has 0 N–H and O–H groups in total. The van der Waals surface area contributed by atoms with Crippen LogP contribution in [0.2, 0.25) is 0 Å². The molecule has 0 atom stereocenters. The quantitative estimate of drug-likeness (QED) is 0.779. The molecule has 0 aromatic carbocycles. The minimum Gasteiger partial charge on any atom is -0.354 e. The van der Waals surface area contributed by atoms with Crippen molar-refractivity contribution in [3.8, 4) is 0 Å². The summed E-state index contributed by atoms with van der Waals surface area (Å²) in [5.74, 6) is 0.418. The van der Waals surface area contributed by atoms with Gasteiger partial charge < -0.3 is 18.9 Å². The molecule has 2 aromatic heterocycles. The van der Waals surface area contributed by atoms with Crippen LogP contribution in [0.4, 0.5) is 0 Å². The molecule has 29 heavy (non-hydrogen) atoms. The molecule has 4 heterocycles. The molecule has 2 aliphatic heterocycles. The van der Waals surface area contributed by atoms with E-state index in [4.69, 9.17) is 0 Å². The van der Waals surface area contributed by atoms with Crippen LogP contribution in [-0.2, 0) is 18.4 Å². The first kappa shape index (κ1) is 19.7. The fraction of sp³-hybridized carbons (Fsp3) is 0.591. The van der Waals surface area contributed by atoms with Crippen molar-refractivity contribution in [2.45, 2.75) is 45.6 Å². The molecular weight excluding hydrogens is 366 g/mol. The Morgan fingerprint density at radius 1 is 1.17 bits per heavy atom. The van der Waals surface area contributed by atoms with Crippen molar-refractivity contribution in [1.29, 1.82) is 0 Å². The van der Waals surface area contributed by atoms with E-state index in [0.29, 0.717) is 6.42 Å². The van der Waals surface area contributed by atoms with Crippen molar-refractivity contribution in [1.82, 2.24) is 23.9 Å². The molecule has 0 radical (unpaired) electrons. The van der Waals surface area contributed by atoms with Crippen LogP contribution in [-0.4, -0.2) is 61.9 Å². The van der Waals surface area contributed by atoms with Gasteiger partial charge >= 0.3 is 0 Å². The van der Waals surface area contributed by atoms with Gasteiger partial charge in [0.25, 0.3) is 5.91 Å². The van der Waals surface area contributed by atoms with Crippen molar-refractivity contribution in [2.24, 2.45) is 12.5 Å². The lowest BCUT2D eigenvalue weighted by molar-refractivity contribution is -0.139. The van der Waals surface area contributed by atoms with Crippen molar-refractivity contribution in [3.63, 3.8) is 0 Å². The molecule has 2 aromatic rings. The fourth-order valence-corrected chi connectivity index (χ4v) is 4.77. The monoisotopic (exact) mass is 397 g/mol. The van der Waals surface area contributed by atoms with Crippen LogP contribution in [0.3, 0.4) is 0 Å². The lowest BCUT2D eigenvalue weighted by atomic mass is 9.72. The Labute approximate surface area is 172 Å². The molecule has 0 bridgehead atoms. The minimum absolute atomic E-state index is 0.141. The minimum atomic E-state index is 0.141. The van der Waals surface area contributed by atoms with Gasteiger partial charge in [0.2, 0.25) is 5.91 Å². The van der Waals surface area contributed by atoms with Gasteiger partial charge in [0.05, 0.1) is 11.9 Å².